The first-order valence-electron chi connectivity index (χ1n) is 3.94. The fraction of sp³-hybridized carbons (Fsp3) is 0.444. The Morgan fingerprint density at radius 2 is 2.42 bits per heavy atom. The van der Waals surface area contributed by atoms with Gasteiger partial charge in [-0.15, -0.1) is 11.3 Å². The summed E-state index contributed by atoms with van der Waals surface area (Å²) in [6, 6.07) is 1.77. The SMILES string of the molecule is CCC(C)C(=O)c1sccc1Cl. The lowest BCUT2D eigenvalue weighted by Gasteiger charge is -2.04. The van der Waals surface area contributed by atoms with E-state index in [1.807, 2.05) is 19.2 Å². The van der Waals surface area contributed by atoms with Gasteiger partial charge in [-0.25, -0.2) is 0 Å². The van der Waals surface area contributed by atoms with E-state index >= 15 is 0 Å². The average Bonchev–Trinajstić information content (AvgIpc) is 2.48. The maximum Gasteiger partial charge on any atom is 0.177 e. The van der Waals surface area contributed by atoms with Gasteiger partial charge in [0.2, 0.25) is 0 Å². The molecule has 0 N–H and O–H groups in total. The van der Waals surface area contributed by atoms with Gasteiger partial charge < -0.3 is 0 Å². The van der Waals surface area contributed by atoms with Crippen LogP contribution in [0.25, 0.3) is 0 Å². The van der Waals surface area contributed by atoms with Crippen molar-refractivity contribution in [1.29, 1.82) is 0 Å². The molecule has 12 heavy (non-hydrogen) atoms. The maximum atomic E-state index is 11.6. The van der Waals surface area contributed by atoms with Crippen LogP contribution in [0, 0.1) is 5.92 Å². The predicted molar refractivity (Wildman–Crippen MR) is 53.1 cm³/mol. The van der Waals surface area contributed by atoms with Crippen molar-refractivity contribution in [2.75, 3.05) is 0 Å². The number of hydrogen-bond donors (Lipinski definition) is 0. The molecule has 1 heterocycles. The lowest BCUT2D eigenvalue weighted by atomic mass is 10.0. The topological polar surface area (TPSA) is 17.1 Å². The molecule has 3 heteroatoms. The van der Waals surface area contributed by atoms with Gasteiger partial charge >= 0.3 is 0 Å². The molecule has 0 amide bonds. The summed E-state index contributed by atoms with van der Waals surface area (Å²) >= 11 is 7.25. The molecule has 1 nitrogen and oxygen atoms in total. The van der Waals surface area contributed by atoms with E-state index in [-0.39, 0.29) is 11.7 Å². The summed E-state index contributed by atoms with van der Waals surface area (Å²) in [4.78, 5) is 12.3. The molecular formula is C9H11ClOS. The Labute approximate surface area is 81.4 Å². The predicted octanol–water partition coefficient (Wildman–Crippen LogP) is 3.63. The number of Topliss-reactive ketones (excluding diaryl/α,β-unsaturated/α-hetero) is 1. The highest BCUT2D eigenvalue weighted by Crippen LogP contribution is 2.25. The highest BCUT2D eigenvalue weighted by Gasteiger charge is 2.16. The monoisotopic (exact) mass is 202 g/mol. The van der Waals surface area contributed by atoms with Crippen molar-refractivity contribution in [2.45, 2.75) is 20.3 Å². The standard InChI is InChI=1S/C9H11ClOS/c1-3-6(2)8(11)9-7(10)4-5-12-9/h4-6H,3H2,1-2H3. The molecule has 0 bridgehead atoms. The maximum absolute atomic E-state index is 11.6. The van der Waals surface area contributed by atoms with Crippen molar-refractivity contribution < 1.29 is 4.79 Å². The normalized spacial score (nSPS) is 12.9. The third-order valence-electron chi connectivity index (χ3n) is 1.90. The van der Waals surface area contributed by atoms with Crippen molar-refractivity contribution in [3.05, 3.63) is 21.3 Å². The van der Waals surface area contributed by atoms with E-state index in [1.165, 1.54) is 11.3 Å². The molecule has 1 aromatic heterocycles. The van der Waals surface area contributed by atoms with Crippen LogP contribution in [-0.4, -0.2) is 5.78 Å². The second-order valence-electron chi connectivity index (χ2n) is 2.77. The van der Waals surface area contributed by atoms with Crippen LogP contribution in [0.15, 0.2) is 11.4 Å². The Balaban J connectivity index is 2.85. The molecule has 1 unspecified atom stereocenters. The molecule has 1 rings (SSSR count). The number of carbonyl (C=O) groups is 1. The van der Waals surface area contributed by atoms with E-state index in [0.717, 1.165) is 6.42 Å². The molecule has 0 saturated heterocycles. The van der Waals surface area contributed by atoms with Gasteiger partial charge in [0.05, 0.1) is 9.90 Å². The molecule has 0 aliphatic carbocycles. The molecule has 0 fully saturated rings. The van der Waals surface area contributed by atoms with Crippen LogP contribution in [0.4, 0.5) is 0 Å². The van der Waals surface area contributed by atoms with E-state index in [4.69, 9.17) is 11.6 Å². The highest BCUT2D eigenvalue weighted by atomic mass is 35.5. The molecule has 0 spiro atoms. The van der Waals surface area contributed by atoms with E-state index in [0.29, 0.717) is 9.90 Å². The van der Waals surface area contributed by atoms with Crippen LogP contribution in [-0.2, 0) is 0 Å². The minimum Gasteiger partial charge on any atom is -0.293 e. The Morgan fingerprint density at radius 3 is 2.83 bits per heavy atom. The van der Waals surface area contributed by atoms with Gasteiger partial charge in [-0.3, -0.25) is 4.79 Å². The number of thiophene rings is 1. The minimum atomic E-state index is 0.0844. The zero-order valence-corrected chi connectivity index (χ0v) is 8.71. The summed E-state index contributed by atoms with van der Waals surface area (Å²) in [6.45, 7) is 3.93. The van der Waals surface area contributed by atoms with E-state index < -0.39 is 0 Å². The molecule has 0 radical (unpaired) electrons. The Kier molecular flexibility index (Phi) is 3.29. The summed E-state index contributed by atoms with van der Waals surface area (Å²) in [5.41, 5.74) is 0. The molecule has 66 valence electrons. The fourth-order valence-corrected chi connectivity index (χ4v) is 2.08. The molecule has 1 aromatic rings. The largest absolute Gasteiger partial charge is 0.293 e. The lowest BCUT2D eigenvalue weighted by Crippen LogP contribution is -2.08. The minimum absolute atomic E-state index is 0.0844. The zero-order chi connectivity index (χ0) is 9.14. The molecule has 0 saturated carbocycles. The second-order valence-corrected chi connectivity index (χ2v) is 4.09. The lowest BCUT2D eigenvalue weighted by molar-refractivity contribution is 0.0931. The Bertz CT molecular complexity index is 280. The number of rotatable bonds is 3. The first-order chi connectivity index (χ1) is 5.66. The average molecular weight is 203 g/mol. The molecule has 1 atom stereocenters. The second kappa shape index (κ2) is 4.06. The first-order valence-corrected chi connectivity index (χ1v) is 5.19. The van der Waals surface area contributed by atoms with Gasteiger partial charge in [0.1, 0.15) is 0 Å². The van der Waals surface area contributed by atoms with Crippen LogP contribution in [0.3, 0.4) is 0 Å². The summed E-state index contributed by atoms with van der Waals surface area (Å²) in [5.74, 6) is 0.249. The van der Waals surface area contributed by atoms with Gasteiger partial charge in [0.15, 0.2) is 5.78 Å². The highest BCUT2D eigenvalue weighted by molar-refractivity contribution is 7.12. The Hall–Kier alpha value is -0.340. The molecule has 0 aliphatic heterocycles. The summed E-state index contributed by atoms with van der Waals surface area (Å²) in [7, 11) is 0. The van der Waals surface area contributed by atoms with E-state index in [2.05, 4.69) is 0 Å². The quantitative estimate of drug-likeness (QED) is 0.685. The van der Waals surface area contributed by atoms with Gasteiger partial charge in [-0.2, -0.15) is 0 Å². The van der Waals surface area contributed by atoms with Crippen molar-refractivity contribution in [3.63, 3.8) is 0 Å². The first kappa shape index (κ1) is 9.75. The third-order valence-corrected chi connectivity index (χ3v) is 3.26. The summed E-state index contributed by atoms with van der Waals surface area (Å²) in [6.07, 6.45) is 0.868. The van der Waals surface area contributed by atoms with E-state index in [9.17, 15) is 4.79 Å². The zero-order valence-electron chi connectivity index (χ0n) is 7.13. The van der Waals surface area contributed by atoms with Crippen molar-refractivity contribution in [2.24, 2.45) is 5.92 Å². The fourth-order valence-electron chi connectivity index (χ4n) is 0.879. The van der Waals surface area contributed by atoms with E-state index in [1.54, 1.807) is 6.07 Å². The summed E-state index contributed by atoms with van der Waals surface area (Å²) in [5, 5.41) is 2.43. The molecule has 0 aliphatic rings. The van der Waals surface area contributed by atoms with Gasteiger partial charge in [0.25, 0.3) is 0 Å². The van der Waals surface area contributed by atoms with Crippen LogP contribution in [0.2, 0.25) is 5.02 Å². The molecular weight excluding hydrogens is 192 g/mol. The number of ketones is 1. The molecule has 0 aromatic carbocycles. The van der Waals surface area contributed by atoms with Crippen LogP contribution >= 0.6 is 22.9 Å². The smallest absolute Gasteiger partial charge is 0.177 e. The number of halogens is 1. The van der Waals surface area contributed by atoms with Gasteiger partial charge in [0, 0.05) is 5.92 Å². The Morgan fingerprint density at radius 1 is 1.75 bits per heavy atom. The van der Waals surface area contributed by atoms with Crippen LogP contribution in [0.1, 0.15) is 29.9 Å². The number of hydrogen-bond acceptors (Lipinski definition) is 2. The summed E-state index contributed by atoms with van der Waals surface area (Å²) < 4.78 is 0. The van der Waals surface area contributed by atoms with Crippen molar-refractivity contribution in [1.82, 2.24) is 0 Å². The van der Waals surface area contributed by atoms with Crippen molar-refractivity contribution in [3.8, 4) is 0 Å². The van der Waals surface area contributed by atoms with Crippen LogP contribution in [0.5, 0.6) is 0 Å². The van der Waals surface area contributed by atoms with Crippen molar-refractivity contribution >= 4 is 28.7 Å². The third kappa shape index (κ3) is 1.87. The van der Waals surface area contributed by atoms with Gasteiger partial charge in [-0.1, -0.05) is 25.4 Å². The van der Waals surface area contributed by atoms with Crippen LogP contribution < -0.4 is 0 Å². The number of carbonyl (C=O) groups excluding carboxylic acids is 1. The van der Waals surface area contributed by atoms with Gasteiger partial charge in [-0.05, 0) is 17.9 Å².